The van der Waals surface area contributed by atoms with Crippen LogP contribution in [-0.2, 0) is 21.2 Å². The molecule has 0 aliphatic rings. The lowest BCUT2D eigenvalue weighted by Gasteiger charge is -2.21. The van der Waals surface area contributed by atoms with Gasteiger partial charge in [0.05, 0.1) is 17.6 Å². The highest BCUT2D eigenvalue weighted by molar-refractivity contribution is 7.90. The number of alkyl halides is 2. The molecule has 1 aromatic carbocycles. The normalized spacial score (nSPS) is 11.5. The Morgan fingerprint density at radius 3 is 2.45 bits per heavy atom. The summed E-state index contributed by atoms with van der Waals surface area (Å²) in [5, 5.41) is 1.53. The zero-order valence-electron chi connectivity index (χ0n) is 17.2. The molecule has 0 bridgehead atoms. The number of halogens is 3. The van der Waals surface area contributed by atoms with Gasteiger partial charge < -0.3 is 9.69 Å². The third kappa shape index (κ3) is 7.52. The van der Waals surface area contributed by atoms with E-state index in [1.54, 1.807) is 18.2 Å². The monoisotopic (exact) mass is 469 g/mol. The van der Waals surface area contributed by atoms with Crippen molar-refractivity contribution in [1.29, 1.82) is 0 Å². The van der Waals surface area contributed by atoms with Crippen LogP contribution >= 0.6 is 11.6 Å². The van der Waals surface area contributed by atoms with E-state index in [1.165, 1.54) is 6.20 Å². The zero-order chi connectivity index (χ0) is 23.2. The minimum Gasteiger partial charge on any atom is -0.368 e. The summed E-state index contributed by atoms with van der Waals surface area (Å²) in [5.41, 5.74) is 2.38. The molecule has 0 aliphatic carbocycles. The van der Waals surface area contributed by atoms with Crippen LogP contribution in [0.3, 0.4) is 0 Å². The second-order valence-corrected chi connectivity index (χ2v) is 9.38. The van der Waals surface area contributed by atoms with Gasteiger partial charge in [0.25, 0.3) is 5.92 Å². The first-order valence-electron chi connectivity index (χ1n) is 9.13. The Morgan fingerprint density at radius 1 is 1.19 bits per heavy atom. The first-order chi connectivity index (χ1) is 14.4. The molecule has 6 nitrogen and oxygen atoms in total. The largest absolute Gasteiger partial charge is 0.368 e. The molecule has 0 saturated carbocycles. The first-order valence-corrected chi connectivity index (χ1v) is 11.4. The molecule has 0 amide bonds. The maximum atomic E-state index is 11.9. The fourth-order valence-electron chi connectivity index (χ4n) is 2.70. The molecule has 3 rings (SSSR count). The molecule has 0 aliphatic heterocycles. The quantitative estimate of drug-likeness (QED) is 0.389. The van der Waals surface area contributed by atoms with E-state index < -0.39 is 22.2 Å². The van der Waals surface area contributed by atoms with Crippen LogP contribution in [-0.4, -0.2) is 43.9 Å². The highest BCUT2D eigenvalue weighted by atomic mass is 35.5. The molecule has 3 aromatic rings. The van der Waals surface area contributed by atoms with Gasteiger partial charge in [-0.05, 0) is 42.8 Å². The van der Waals surface area contributed by atoms with Crippen molar-refractivity contribution in [2.75, 3.05) is 18.2 Å². The molecule has 0 atom stereocenters. The van der Waals surface area contributed by atoms with E-state index in [0.29, 0.717) is 24.3 Å². The predicted octanol–water partition coefficient (Wildman–Crippen LogP) is 4.55. The van der Waals surface area contributed by atoms with E-state index in [-0.39, 0.29) is 11.3 Å². The Bertz CT molecular complexity index is 1170. The summed E-state index contributed by atoms with van der Waals surface area (Å²) >= 11 is 5.95. The van der Waals surface area contributed by atoms with Crippen molar-refractivity contribution in [2.45, 2.75) is 30.8 Å². The summed E-state index contributed by atoms with van der Waals surface area (Å²) in [7, 11) is -1.56. The maximum absolute atomic E-state index is 11.9. The number of hydrogen-bond acceptors (Lipinski definition) is 6. The highest BCUT2D eigenvalue weighted by Crippen LogP contribution is 2.24. The van der Waals surface area contributed by atoms with Gasteiger partial charge in [-0.1, -0.05) is 23.7 Å². The number of carbonyl (C=O) groups is 1. The van der Waals surface area contributed by atoms with Crippen molar-refractivity contribution in [3.63, 3.8) is 0 Å². The summed E-state index contributed by atoms with van der Waals surface area (Å²) in [6.45, 7) is 1.24. The van der Waals surface area contributed by atoms with Crippen molar-refractivity contribution in [1.82, 2.24) is 9.97 Å². The summed E-state index contributed by atoms with van der Waals surface area (Å²) in [5.74, 6) is -2.82. The first kappa shape index (κ1) is 24.6. The van der Waals surface area contributed by atoms with Crippen molar-refractivity contribution in [3.05, 3.63) is 59.4 Å². The molecule has 0 radical (unpaired) electrons. The second kappa shape index (κ2) is 10.1. The topological polar surface area (TPSA) is 80.2 Å². The van der Waals surface area contributed by atoms with Crippen LogP contribution in [0.5, 0.6) is 0 Å². The van der Waals surface area contributed by atoms with Gasteiger partial charge >= 0.3 is 0 Å². The van der Waals surface area contributed by atoms with Gasteiger partial charge in [-0.3, -0.25) is 0 Å². The number of anilines is 1. The van der Waals surface area contributed by atoms with Gasteiger partial charge in [0.2, 0.25) is 0 Å². The Kier molecular flexibility index (Phi) is 8.02. The zero-order valence-corrected chi connectivity index (χ0v) is 18.8. The van der Waals surface area contributed by atoms with Gasteiger partial charge in [0, 0.05) is 31.4 Å². The fraction of sp³-hybridized carbons (Fsp3) is 0.286. The molecule has 166 valence electrons. The van der Waals surface area contributed by atoms with E-state index in [2.05, 4.69) is 9.97 Å². The number of aromatic nitrogens is 2. The number of hydrogen-bond donors (Lipinski definition) is 0. The Balaban J connectivity index is 0.000000423. The molecule has 2 heterocycles. The molecule has 31 heavy (non-hydrogen) atoms. The van der Waals surface area contributed by atoms with Crippen LogP contribution in [0, 0.1) is 0 Å². The fourth-order valence-corrected chi connectivity index (χ4v) is 3.71. The minimum atomic E-state index is -3.39. The molecule has 10 heteroatoms. The summed E-state index contributed by atoms with van der Waals surface area (Å²) in [4.78, 5) is 19.5. The third-order valence-electron chi connectivity index (χ3n) is 4.10. The summed E-state index contributed by atoms with van der Waals surface area (Å²) < 4.78 is 46.8. The van der Waals surface area contributed by atoms with Crippen molar-refractivity contribution >= 4 is 44.3 Å². The Hall–Kier alpha value is -2.65. The molecular weight excluding hydrogens is 448 g/mol. The number of benzene rings is 1. The molecule has 0 saturated heterocycles. The van der Waals surface area contributed by atoms with E-state index in [9.17, 15) is 22.0 Å². The van der Waals surface area contributed by atoms with Crippen LogP contribution in [0.1, 0.15) is 18.9 Å². The second-order valence-electron chi connectivity index (χ2n) is 7.06. The van der Waals surface area contributed by atoms with Gasteiger partial charge in [0.1, 0.15) is 11.4 Å². The van der Waals surface area contributed by atoms with E-state index >= 15 is 0 Å². The smallest absolute Gasteiger partial charge is 0.251 e. The molecule has 2 aromatic heterocycles. The number of carbonyl (C=O) groups excluding carboxylic acids is 1. The lowest BCUT2D eigenvalue weighted by molar-refractivity contribution is -0.113. The summed E-state index contributed by atoms with van der Waals surface area (Å²) in [6, 6.07) is 13.1. The van der Waals surface area contributed by atoms with Crippen LogP contribution in [0.2, 0.25) is 5.15 Å². The van der Waals surface area contributed by atoms with Gasteiger partial charge in [-0.25, -0.2) is 27.2 Å². The number of pyridine rings is 2. The predicted molar refractivity (Wildman–Crippen MR) is 118 cm³/mol. The SMILES string of the molecule is CC(F)(F)CC=O.CN(Cc1ccc2ccc(Cl)nc2c1)c1cccnc1S(C)(=O)=O. The van der Waals surface area contributed by atoms with Crippen LogP contribution in [0.15, 0.2) is 53.7 Å². The standard InChI is InChI=1S/C17H16ClN3O2S.C4H6F2O/c1-21(15-4-3-9-19-17(15)24(2,22)23)11-12-5-6-13-7-8-16(18)20-14(13)10-12;1-4(5,6)2-3-7/h3-10H,11H2,1-2H3;3H,2H2,1H3. The molecular formula is C21H22ClF2N3O3S. The van der Waals surface area contributed by atoms with Gasteiger partial charge in [0.15, 0.2) is 14.9 Å². The Morgan fingerprint density at radius 2 is 1.87 bits per heavy atom. The lowest BCUT2D eigenvalue weighted by atomic mass is 10.1. The third-order valence-corrected chi connectivity index (χ3v) is 5.33. The Labute approximate surface area is 184 Å². The maximum Gasteiger partial charge on any atom is 0.251 e. The van der Waals surface area contributed by atoms with Crippen LogP contribution in [0.25, 0.3) is 10.9 Å². The number of nitrogens with zero attached hydrogens (tertiary/aromatic N) is 3. The van der Waals surface area contributed by atoms with Gasteiger partial charge in [-0.15, -0.1) is 0 Å². The molecule has 0 fully saturated rings. The highest BCUT2D eigenvalue weighted by Gasteiger charge is 2.19. The number of aldehydes is 1. The van der Waals surface area contributed by atoms with E-state index in [1.807, 2.05) is 36.2 Å². The number of rotatable bonds is 6. The summed E-state index contributed by atoms with van der Waals surface area (Å²) in [6.07, 6.45) is 2.18. The lowest BCUT2D eigenvalue weighted by Crippen LogP contribution is -2.19. The van der Waals surface area contributed by atoms with Crippen molar-refractivity contribution < 1.29 is 22.0 Å². The molecule has 0 spiro atoms. The van der Waals surface area contributed by atoms with Crippen molar-refractivity contribution in [3.8, 4) is 0 Å². The minimum absolute atomic E-state index is 0.0782. The van der Waals surface area contributed by atoms with Crippen LogP contribution in [0.4, 0.5) is 14.5 Å². The molecule has 0 N–H and O–H groups in total. The average molecular weight is 470 g/mol. The van der Waals surface area contributed by atoms with Crippen molar-refractivity contribution in [2.24, 2.45) is 0 Å². The van der Waals surface area contributed by atoms with Gasteiger partial charge in [-0.2, -0.15) is 0 Å². The average Bonchev–Trinajstić information content (AvgIpc) is 2.66. The molecule has 0 unspecified atom stereocenters. The van der Waals surface area contributed by atoms with Crippen LogP contribution < -0.4 is 4.90 Å². The number of sulfone groups is 1. The van der Waals surface area contributed by atoms with E-state index in [0.717, 1.165) is 22.7 Å². The van der Waals surface area contributed by atoms with E-state index in [4.69, 9.17) is 11.6 Å². The number of fused-ring (bicyclic) bond motifs is 1.